The third-order valence-corrected chi connectivity index (χ3v) is 12.0. The highest BCUT2D eigenvalue weighted by Gasteiger charge is 2.18. The second kappa shape index (κ2) is 14.3. The number of hydrogen-bond acceptors (Lipinski definition) is 3. The van der Waals surface area contributed by atoms with Crippen LogP contribution in [0.1, 0.15) is 0 Å². The molecule has 4 heteroatoms. The molecule has 2 aromatic heterocycles. The molecule has 10 aromatic carbocycles. The summed E-state index contributed by atoms with van der Waals surface area (Å²) in [5, 5.41) is 9.80. The van der Waals surface area contributed by atoms with E-state index in [0.717, 1.165) is 44.3 Å². The van der Waals surface area contributed by atoms with E-state index in [0.29, 0.717) is 17.5 Å². The third-order valence-electron chi connectivity index (χ3n) is 12.0. The van der Waals surface area contributed by atoms with Crippen LogP contribution in [-0.2, 0) is 0 Å². The topological polar surface area (TPSA) is 43.6 Å². The lowest BCUT2D eigenvalue weighted by molar-refractivity contribution is 1.08. The fourth-order valence-electron chi connectivity index (χ4n) is 9.07. The van der Waals surface area contributed by atoms with Crippen LogP contribution >= 0.6 is 0 Å². The van der Waals surface area contributed by atoms with Crippen LogP contribution in [0.4, 0.5) is 0 Å². The van der Waals surface area contributed by atoms with Gasteiger partial charge in [-0.3, -0.25) is 0 Å². The summed E-state index contributed by atoms with van der Waals surface area (Å²) in [5.74, 6) is 1.92. The zero-order valence-electron chi connectivity index (χ0n) is 33.1. The molecule has 0 amide bonds. The van der Waals surface area contributed by atoms with Crippen molar-refractivity contribution in [3.63, 3.8) is 0 Å². The minimum absolute atomic E-state index is 0.633. The quantitative estimate of drug-likeness (QED) is 0.169. The summed E-state index contributed by atoms with van der Waals surface area (Å²) in [6.45, 7) is 0. The molecule has 12 aromatic rings. The average Bonchev–Trinajstić information content (AvgIpc) is 3.67. The minimum Gasteiger partial charge on any atom is -0.309 e. The Morgan fingerprint density at radius 3 is 1.46 bits per heavy atom. The number of hydrogen-bond donors (Lipinski definition) is 0. The van der Waals surface area contributed by atoms with Crippen LogP contribution in [0.2, 0.25) is 0 Å². The molecular weight excluding hydrogens is 741 g/mol. The van der Waals surface area contributed by atoms with E-state index in [-0.39, 0.29) is 0 Å². The Morgan fingerprint density at radius 2 is 0.770 bits per heavy atom. The van der Waals surface area contributed by atoms with E-state index in [2.05, 4.69) is 205 Å². The van der Waals surface area contributed by atoms with E-state index < -0.39 is 0 Å². The van der Waals surface area contributed by atoms with Crippen molar-refractivity contribution >= 4 is 54.1 Å². The van der Waals surface area contributed by atoms with Gasteiger partial charge in [-0.15, -0.1) is 0 Å². The smallest absolute Gasteiger partial charge is 0.164 e. The number of rotatable bonds is 6. The van der Waals surface area contributed by atoms with Crippen molar-refractivity contribution in [3.05, 3.63) is 218 Å². The van der Waals surface area contributed by atoms with Crippen LogP contribution in [-0.4, -0.2) is 19.5 Å². The van der Waals surface area contributed by atoms with Gasteiger partial charge in [0.1, 0.15) is 0 Å². The highest BCUT2D eigenvalue weighted by molar-refractivity contribution is 6.23. The zero-order valence-corrected chi connectivity index (χ0v) is 33.1. The second-order valence-electron chi connectivity index (χ2n) is 15.6. The predicted octanol–water partition coefficient (Wildman–Crippen LogP) is 14.8. The highest BCUT2D eigenvalue weighted by atomic mass is 15.0. The second-order valence-corrected chi connectivity index (χ2v) is 15.6. The lowest BCUT2D eigenvalue weighted by Gasteiger charge is -2.13. The average molecular weight is 777 g/mol. The van der Waals surface area contributed by atoms with E-state index >= 15 is 0 Å². The molecule has 0 bridgehead atoms. The predicted molar refractivity (Wildman–Crippen MR) is 254 cm³/mol. The van der Waals surface area contributed by atoms with Gasteiger partial charge in [0.25, 0.3) is 0 Å². The molecule has 2 heterocycles. The summed E-state index contributed by atoms with van der Waals surface area (Å²) < 4.78 is 2.41. The van der Waals surface area contributed by atoms with E-state index in [1.165, 1.54) is 54.5 Å². The molecule has 0 saturated heterocycles. The molecule has 0 saturated carbocycles. The lowest BCUT2D eigenvalue weighted by atomic mass is 9.94. The molecule has 0 aliphatic heterocycles. The van der Waals surface area contributed by atoms with Crippen LogP contribution in [0.3, 0.4) is 0 Å². The van der Waals surface area contributed by atoms with Gasteiger partial charge in [-0.25, -0.2) is 15.0 Å². The molecule has 284 valence electrons. The van der Waals surface area contributed by atoms with E-state index in [4.69, 9.17) is 15.0 Å². The van der Waals surface area contributed by atoms with E-state index in [1.807, 2.05) is 18.2 Å². The van der Waals surface area contributed by atoms with Crippen LogP contribution in [0.5, 0.6) is 0 Å². The normalized spacial score (nSPS) is 11.6. The fraction of sp³-hybridized carbons (Fsp3) is 0. The Hall–Kier alpha value is -8.21. The Morgan fingerprint density at radius 1 is 0.279 bits per heavy atom. The number of fused-ring (bicyclic) bond motifs is 7. The minimum atomic E-state index is 0.633. The molecule has 0 aliphatic rings. The van der Waals surface area contributed by atoms with Gasteiger partial charge in [-0.2, -0.15) is 0 Å². The van der Waals surface area contributed by atoms with Gasteiger partial charge in [0, 0.05) is 33.2 Å². The van der Waals surface area contributed by atoms with Gasteiger partial charge in [0.05, 0.1) is 11.0 Å². The van der Waals surface area contributed by atoms with Gasteiger partial charge in [0.2, 0.25) is 0 Å². The van der Waals surface area contributed by atoms with Crippen molar-refractivity contribution in [1.82, 2.24) is 19.5 Å². The van der Waals surface area contributed by atoms with Crippen molar-refractivity contribution < 1.29 is 0 Å². The summed E-state index contributed by atoms with van der Waals surface area (Å²) in [7, 11) is 0. The van der Waals surface area contributed by atoms with Crippen molar-refractivity contribution in [2.45, 2.75) is 0 Å². The molecule has 4 nitrogen and oxygen atoms in total. The van der Waals surface area contributed by atoms with Crippen molar-refractivity contribution in [2.75, 3.05) is 0 Å². The zero-order chi connectivity index (χ0) is 40.3. The molecule has 0 atom stereocenters. The van der Waals surface area contributed by atoms with E-state index in [9.17, 15) is 0 Å². The van der Waals surface area contributed by atoms with Crippen LogP contribution in [0.15, 0.2) is 218 Å². The Balaban J connectivity index is 0.933. The van der Waals surface area contributed by atoms with Gasteiger partial charge in [-0.1, -0.05) is 182 Å². The summed E-state index contributed by atoms with van der Waals surface area (Å²) in [6, 6.07) is 77.6. The first kappa shape index (κ1) is 34.8. The molecule has 0 radical (unpaired) electrons. The van der Waals surface area contributed by atoms with E-state index in [1.54, 1.807) is 0 Å². The first-order valence-electron chi connectivity index (χ1n) is 20.7. The Labute approximate surface area is 352 Å². The molecule has 0 fully saturated rings. The third kappa shape index (κ3) is 5.96. The number of aromatic nitrogens is 4. The number of nitrogens with zero attached hydrogens (tertiary/aromatic N) is 4. The molecule has 0 N–H and O–H groups in total. The van der Waals surface area contributed by atoms with Crippen LogP contribution < -0.4 is 0 Å². The molecule has 0 spiro atoms. The maximum Gasteiger partial charge on any atom is 0.164 e. The van der Waals surface area contributed by atoms with Crippen LogP contribution in [0.25, 0.3) is 116 Å². The SMILES string of the molecule is c1ccc(-c2nc(-c3ccc(-c4ccc(-n5c6cc7ccccc7cc6c6c7ccccc7ccc65)cc4)cc3)nc(-c3ccc(-c4ccccc4)c4ccccc34)n2)cc1. The maximum atomic E-state index is 5.16. The number of benzene rings is 10. The lowest BCUT2D eigenvalue weighted by Crippen LogP contribution is -2.00. The van der Waals surface area contributed by atoms with Crippen LogP contribution in [0, 0.1) is 0 Å². The molecular formula is C57H36N4. The first-order chi connectivity index (χ1) is 30.2. The van der Waals surface area contributed by atoms with Crippen molar-refractivity contribution in [3.8, 4) is 62.1 Å². The Kier molecular flexibility index (Phi) is 8.13. The summed E-state index contributed by atoms with van der Waals surface area (Å²) in [4.78, 5) is 15.3. The molecule has 0 unspecified atom stereocenters. The Bertz CT molecular complexity index is 3610. The highest BCUT2D eigenvalue weighted by Crippen LogP contribution is 2.40. The maximum absolute atomic E-state index is 5.16. The summed E-state index contributed by atoms with van der Waals surface area (Å²) >= 11 is 0. The molecule has 12 rings (SSSR count). The van der Waals surface area contributed by atoms with Gasteiger partial charge in [0.15, 0.2) is 17.5 Å². The summed E-state index contributed by atoms with van der Waals surface area (Å²) in [6.07, 6.45) is 0. The first-order valence-corrected chi connectivity index (χ1v) is 20.7. The van der Waals surface area contributed by atoms with Gasteiger partial charge >= 0.3 is 0 Å². The fourth-order valence-corrected chi connectivity index (χ4v) is 9.07. The molecule has 0 aliphatic carbocycles. The van der Waals surface area contributed by atoms with Gasteiger partial charge in [-0.05, 0) is 91.0 Å². The largest absolute Gasteiger partial charge is 0.309 e. The standard InChI is InChI=1S/C57H36N4/c1-3-13-39(14-4-1)46-32-33-50(49-22-12-11-21-48(46)49)57-59-55(41-16-5-2-6-17-41)58-56(60-57)42-25-23-37(24-26-42)38-27-30-45(31-28-38)61-52-34-29-40-15-9-10-20-47(40)54(52)51-35-43-18-7-8-19-44(43)36-53(51)61/h1-36H. The van der Waals surface area contributed by atoms with Crippen molar-refractivity contribution in [1.29, 1.82) is 0 Å². The van der Waals surface area contributed by atoms with Crippen molar-refractivity contribution in [2.24, 2.45) is 0 Å². The monoisotopic (exact) mass is 776 g/mol. The van der Waals surface area contributed by atoms with Gasteiger partial charge < -0.3 is 4.57 Å². The summed E-state index contributed by atoms with van der Waals surface area (Å²) in [5.41, 5.74) is 11.0. The molecule has 61 heavy (non-hydrogen) atoms.